The quantitative estimate of drug-likeness (QED) is 0.185. The zero-order valence-corrected chi connectivity index (χ0v) is 25.7. The van der Waals surface area contributed by atoms with Crippen molar-refractivity contribution in [2.45, 2.75) is 77.7 Å². The molecule has 3 aromatic rings. The summed E-state index contributed by atoms with van der Waals surface area (Å²) in [6.45, 7) is 9.11. The van der Waals surface area contributed by atoms with E-state index in [1.54, 1.807) is 43.5 Å². The van der Waals surface area contributed by atoms with Gasteiger partial charge in [-0.25, -0.2) is 4.39 Å². The Hall–Kier alpha value is -4.28. The van der Waals surface area contributed by atoms with Crippen LogP contribution in [0, 0.1) is 5.82 Å². The summed E-state index contributed by atoms with van der Waals surface area (Å²) < 4.78 is 21.2. The summed E-state index contributed by atoms with van der Waals surface area (Å²) >= 11 is 0. The van der Waals surface area contributed by atoms with Gasteiger partial charge in [0.05, 0.1) is 25.0 Å². The molecule has 0 saturated carbocycles. The fraction of sp³-hybridized carbons (Fsp3) is 0.382. The predicted molar refractivity (Wildman–Crippen MR) is 166 cm³/mol. The number of nitrogens with zero attached hydrogens (tertiary/aromatic N) is 1. The number of benzene rings is 2. The molecule has 0 saturated heterocycles. The van der Waals surface area contributed by atoms with Crippen molar-refractivity contribution in [2.24, 2.45) is 0 Å². The first-order valence-electron chi connectivity index (χ1n) is 14.5. The lowest BCUT2D eigenvalue weighted by atomic mass is 9.94. The topological polar surface area (TPSA) is 138 Å². The molecule has 0 radical (unpaired) electrons. The zero-order valence-electron chi connectivity index (χ0n) is 25.7. The second-order valence-corrected chi connectivity index (χ2v) is 11.8. The van der Waals surface area contributed by atoms with Crippen LogP contribution in [0.15, 0.2) is 60.7 Å². The molecule has 2 atom stereocenters. The smallest absolute Gasteiger partial charge is 0.308 e. The van der Waals surface area contributed by atoms with Crippen molar-refractivity contribution in [2.75, 3.05) is 6.54 Å². The Morgan fingerprint density at radius 2 is 1.59 bits per heavy atom. The van der Waals surface area contributed by atoms with Crippen LogP contribution in [-0.4, -0.2) is 62.1 Å². The Kier molecular flexibility index (Phi) is 11.6. The first-order valence-corrected chi connectivity index (χ1v) is 14.5. The van der Waals surface area contributed by atoms with Gasteiger partial charge in [0.2, 0.25) is 0 Å². The van der Waals surface area contributed by atoms with E-state index in [1.807, 2.05) is 44.2 Å². The molecule has 9 nitrogen and oxygen atoms in total. The van der Waals surface area contributed by atoms with Gasteiger partial charge < -0.3 is 29.9 Å². The van der Waals surface area contributed by atoms with Crippen molar-refractivity contribution in [3.63, 3.8) is 0 Å². The van der Waals surface area contributed by atoms with Gasteiger partial charge in [-0.15, -0.1) is 0 Å². The van der Waals surface area contributed by atoms with E-state index >= 15 is 0 Å². The highest BCUT2D eigenvalue weighted by atomic mass is 19.1. The maximum atomic E-state index is 14.0. The number of hydrogen-bond acceptors (Lipinski definition) is 6. The van der Waals surface area contributed by atoms with Gasteiger partial charge in [0.25, 0.3) is 5.91 Å². The van der Waals surface area contributed by atoms with Gasteiger partial charge in [-0.3, -0.25) is 14.4 Å². The number of esters is 1. The third-order valence-electron chi connectivity index (χ3n) is 6.60. The van der Waals surface area contributed by atoms with Crippen LogP contribution in [0.4, 0.5) is 4.39 Å². The molecule has 236 valence electrons. The Labute approximate surface area is 257 Å². The van der Waals surface area contributed by atoms with Gasteiger partial charge in [-0.1, -0.05) is 48.5 Å². The average Bonchev–Trinajstić information content (AvgIpc) is 3.27. The summed E-state index contributed by atoms with van der Waals surface area (Å²) in [5, 5.41) is 32.5. The average molecular weight is 609 g/mol. The number of aromatic nitrogens is 1. The van der Waals surface area contributed by atoms with Gasteiger partial charge in [-0.2, -0.15) is 0 Å². The molecule has 44 heavy (non-hydrogen) atoms. The lowest BCUT2D eigenvalue weighted by Crippen LogP contribution is -2.31. The van der Waals surface area contributed by atoms with Crippen molar-refractivity contribution in [1.29, 1.82) is 0 Å². The van der Waals surface area contributed by atoms with Crippen LogP contribution in [0.1, 0.15) is 76.1 Å². The lowest BCUT2D eigenvalue weighted by molar-refractivity contribution is -0.154. The van der Waals surface area contributed by atoms with Crippen LogP contribution in [0.3, 0.4) is 0 Å². The summed E-state index contributed by atoms with van der Waals surface area (Å²) in [7, 11) is 0. The molecule has 3 rings (SSSR count). The molecule has 2 aromatic carbocycles. The predicted octanol–water partition coefficient (Wildman–Crippen LogP) is 5.60. The fourth-order valence-electron chi connectivity index (χ4n) is 4.92. The SMILES string of the molecule is CC(C)n1c(C=CC(O)CC(O)CC(=O)O)c(-c2ccc(F)cc2)c(-c2ccccc2)c1C(=O)NCCC(=O)OC(C)(C)C. The number of hydrogen-bond donors (Lipinski definition) is 4. The molecular weight excluding hydrogens is 567 g/mol. The number of nitrogens with one attached hydrogen (secondary N) is 1. The number of aliphatic carboxylic acids is 1. The molecule has 2 unspecified atom stereocenters. The van der Waals surface area contributed by atoms with Crippen LogP contribution in [-0.2, 0) is 14.3 Å². The number of amides is 1. The number of rotatable bonds is 13. The van der Waals surface area contributed by atoms with Crippen LogP contribution < -0.4 is 5.32 Å². The van der Waals surface area contributed by atoms with Crippen molar-refractivity contribution in [1.82, 2.24) is 9.88 Å². The normalized spacial score (nSPS) is 13.2. The van der Waals surface area contributed by atoms with Gasteiger partial charge in [0.1, 0.15) is 17.1 Å². The first-order chi connectivity index (χ1) is 20.7. The summed E-state index contributed by atoms with van der Waals surface area (Å²) in [5.41, 5.74) is 2.69. The van der Waals surface area contributed by atoms with Crippen LogP contribution in [0.25, 0.3) is 28.3 Å². The number of ether oxygens (including phenoxy) is 1. The number of halogens is 1. The van der Waals surface area contributed by atoms with Crippen molar-refractivity contribution in [3.8, 4) is 22.3 Å². The number of aliphatic hydroxyl groups is 2. The van der Waals surface area contributed by atoms with E-state index in [-0.39, 0.29) is 25.4 Å². The fourth-order valence-corrected chi connectivity index (χ4v) is 4.92. The van der Waals surface area contributed by atoms with Crippen LogP contribution in [0.2, 0.25) is 0 Å². The van der Waals surface area contributed by atoms with Crippen LogP contribution in [0.5, 0.6) is 0 Å². The van der Waals surface area contributed by atoms with E-state index in [2.05, 4.69) is 5.32 Å². The standard InChI is InChI=1S/C34H41FN2O7/c1-21(2)37-27(16-15-25(38)19-26(39)20-28(40)41)30(23-11-13-24(35)14-12-23)31(22-9-7-6-8-10-22)32(37)33(43)36-18-17-29(42)44-34(3,4)5/h6-16,21,25-26,38-39H,17-20H2,1-5H3,(H,36,43)(H,40,41). The van der Waals surface area contributed by atoms with E-state index in [1.165, 1.54) is 18.2 Å². The second-order valence-electron chi connectivity index (χ2n) is 11.8. The molecule has 0 bridgehead atoms. The maximum absolute atomic E-state index is 14.0. The number of carboxylic acid groups (broad SMARTS) is 1. The number of aliphatic hydroxyl groups excluding tert-OH is 2. The minimum Gasteiger partial charge on any atom is -0.481 e. The number of carboxylic acids is 1. The van der Waals surface area contributed by atoms with Gasteiger partial charge in [-0.05, 0) is 64.0 Å². The molecule has 10 heteroatoms. The summed E-state index contributed by atoms with van der Waals surface area (Å²) in [6.07, 6.45) is -0.139. The second kappa shape index (κ2) is 14.9. The Morgan fingerprint density at radius 3 is 2.16 bits per heavy atom. The van der Waals surface area contributed by atoms with Gasteiger partial charge in [0, 0.05) is 35.8 Å². The molecule has 0 fully saturated rings. The van der Waals surface area contributed by atoms with E-state index in [9.17, 15) is 29.0 Å². The van der Waals surface area contributed by atoms with Gasteiger partial charge in [0.15, 0.2) is 0 Å². The van der Waals surface area contributed by atoms with E-state index in [0.717, 1.165) is 5.56 Å². The van der Waals surface area contributed by atoms with Gasteiger partial charge >= 0.3 is 11.9 Å². The zero-order chi connectivity index (χ0) is 32.6. The Balaban J connectivity index is 2.18. The Morgan fingerprint density at radius 1 is 0.977 bits per heavy atom. The van der Waals surface area contributed by atoms with E-state index in [4.69, 9.17) is 9.84 Å². The summed E-state index contributed by atoms with van der Waals surface area (Å²) in [5.74, 6) is -2.51. The molecule has 0 spiro atoms. The third kappa shape index (κ3) is 9.36. The minimum absolute atomic E-state index is 0.0302. The monoisotopic (exact) mass is 608 g/mol. The molecule has 0 aliphatic rings. The number of carbonyl (C=O) groups excluding carboxylic acids is 2. The molecule has 0 aliphatic heterocycles. The maximum Gasteiger partial charge on any atom is 0.308 e. The highest BCUT2D eigenvalue weighted by Gasteiger charge is 2.29. The van der Waals surface area contributed by atoms with E-state index < -0.39 is 47.9 Å². The van der Waals surface area contributed by atoms with E-state index in [0.29, 0.717) is 28.1 Å². The molecule has 1 heterocycles. The summed E-state index contributed by atoms with van der Waals surface area (Å²) in [4.78, 5) is 37.2. The highest BCUT2D eigenvalue weighted by molar-refractivity contribution is 6.06. The van der Waals surface area contributed by atoms with Crippen molar-refractivity contribution >= 4 is 23.9 Å². The third-order valence-corrected chi connectivity index (χ3v) is 6.60. The van der Waals surface area contributed by atoms with Crippen molar-refractivity contribution in [3.05, 3.63) is 77.9 Å². The Bertz CT molecular complexity index is 1470. The molecule has 1 amide bonds. The first kappa shape index (κ1) is 34.2. The minimum atomic E-state index is -1.26. The molecule has 0 aliphatic carbocycles. The summed E-state index contributed by atoms with van der Waals surface area (Å²) in [6, 6.07) is 14.8. The highest BCUT2D eigenvalue weighted by Crippen LogP contribution is 2.42. The number of carbonyl (C=O) groups is 3. The van der Waals surface area contributed by atoms with Crippen LogP contribution >= 0.6 is 0 Å². The molecule has 4 N–H and O–H groups in total. The largest absolute Gasteiger partial charge is 0.481 e. The molecular formula is C34H41FN2O7. The van der Waals surface area contributed by atoms with Crippen molar-refractivity contribution < 1.29 is 38.8 Å². The lowest BCUT2D eigenvalue weighted by Gasteiger charge is -2.20. The molecule has 1 aromatic heterocycles.